The second-order valence-corrected chi connectivity index (χ2v) is 3.66. The van der Waals surface area contributed by atoms with Gasteiger partial charge < -0.3 is 20.6 Å². The third kappa shape index (κ3) is 2.03. The molecule has 0 aromatic heterocycles. The molecule has 6 heteroatoms. The van der Waals surface area contributed by atoms with Gasteiger partial charge in [0.15, 0.2) is 0 Å². The zero-order chi connectivity index (χ0) is 13.1. The molecule has 0 spiro atoms. The van der Waals surface area contributed by atoms with Crippen molar-refractivity contribution in [3.8, 4) is 11.5 Å². The number of benzene rings is 2. The first kappa shape index (κ1) is 11.7. The van der Waals surface area contributed by atoms with E-state index in [2.05, 4.69) is 10.3 Å². The third-order valence-electron chi connectivity index (χ3n) is 2.52. The van der Waals surface area contributed by atoms with Crippen molar-refractivity contribution in [3.63, 3.8) is 0 Å². The Hall–Kier alpha value is -2.76. The lowest BCUT2D eigenvalue weighted by Crippen LogP contribution is -1.87. The molecule has 0 atom stereocenters. The molecule has 4 N–H and O–H groups in total. The van der Waals surface area contributed by atoms with Gasteiger partial charge >= 0.3 is 0 Å². The van der Waals surface area contributed by atoms with E-state index in [0.717, 1.165) is 12.4 Å². The normalized spacial score (nSPS) is 11.8. The minimum absolute atomic E-state index is 0.0664. The molecule has 0 saturated carbocycles. The summed E-state index contributed by atoms with van der Waals surface area (Å²) in [5.41, 5.74) is 0.671. The van der Waals surface area contributed by atoms with Crippen LogP contribution in [0.4, 0.5) is 0 Å². The Bertz CT molecular complexity index is 597. The fourth-order valence-electron chi connectivity index (χ4n) is 1.69. The summed E-state index contributed by atoms with van der Waals surface area (Å²) in [7, 11) is 0. The molecule has 0 aliphatic heterocycles. The number of hydrogen-bond donors (Lipinski definition) is 4. The van der Waals surface area contributed by atoms with Crippen molar-refractivity contribution >= 4 is 23.2 Å². The molecule has 92 valence electrons. The predicted octanol–water partition coefficient (Wildman–Crippen LogP) is 1.87. The zero-order valence-electron chi connectivity index (χ0n) is 9.15. The van der Waals surface area contributed by atoms with Crippen LogP contribution in [0, 0.1) is 0 Å². The van der Waals surface area contributed by atoms with Crippen LogP contribution in [0.3, 0.4) is 0 Å². The summed E-state index contributed by atoms with van der Waals surface area (Å²) >= 11 is 0. The highest BCUT2D eigenvalue weighted by molar-refractivity contribution is 5.98. The van der Waals surface area contributed by atoms with Gasteiger partial charge in [0.05, 0.1) is 12.4 Å². The molecule has 0 bridgehead atoms. The van der Waals surface area contributed by atoms with Crippen molar-refractivity contribution in [2.75, 3.05) is 0 Å². The fraction of sp³-hybridized carbons (Fsp3) is 0. The first-order chi connectivity index (χ1) is 8.65. The highest BCUT2D eigenvalue weighted by atomic mass is 16.4. The van der Waals surface area contributed by atoms with E-state index in [-0.39, 0.29) is 11.5 Å². The van der Waals surface area contributed by atoms with Crippen molar-refractivity contribution in [1.29, 1.82) is 0 Å². The van der Waals surface area contributed by atoms with Crippen molar-refractivity contribution in [3.05, 3.63) is 35.4 Å². The number of rotatable bonds is 2. The molecule has 2 aromatic carbocycles. The highest BCUT2D eigenvalue weighted by Gasteiger charge is 2.06. The van der Waals surface area contributed by atoms with Crippen molar-refractivity contribution in [1.82, 2.24) is 0 Å². The lowest BCUT2D eigenvalue weighted by atomic mass is 10.0. The second-order valence-electron chi connectivity index (χ2n) is 3.66. The number of hydrogen-bond acceptors (Lipinski definition) is 6. The largest absolute Gasteiger partial charge is 0.507 e. The Balaban J connectivity index is 2.70. The van der Waals surface area contributed by atoms with Crippen LogP contribution < -0.4 is 0 Å². The van der Waals surface area contributed by atoms with Crippen molar-refractivity contribution in [2.45, 2.75) is 0 Å². The molecule has 0 fully saturated rings. The lowest BCUT2D eigenvalue weighted by molar-refractivity contribution is 0.321. The van der Waals surface area contributed by atoms with Gasteiger partial charge in [-0.05, 0) is 35.0 Å². The SMILES string of the molecule is O/N=C/c1cc2cc(/C=N/O)c(O)cc2cc1O. The molecule has 18 heavy (non-hydrogen) atoms. The lowest BCUT2D eigenvalue weighted by Gasteiger charge is -2.05. The Morgan fingerprint density at radius 2 is 1.11 bits per heavy atom. The zero-order valence-corrected chi connectivity index (χ0v) is 9.15. The summed E-state index contributed by atoms with van der Waals surface area (Å²) in [5, 5.41) is 43.2. The molecule has 0 radical (unpaired) electrons. The molecular formula is C12H10N2O4. The van der Waals surface area contributed by atoms with E-state index >= 15 is 0 Å². The Kier molecular flexibility index (Phi) is 3.01. The summed E-state index contributed by atoms with van der Waals surface area (Å²) in [4.78, 5) is 0. The number of fused-ring (bicyclic) bond motifs is 1. The van der Waals surface area contributed by atoms with Crippen LogP contribution in [-0.2, 0) is 0 Å². The molecule has 0 saturated heterocycles. The summed E-state index contributed by atoms with van der Waals surface area (Å²) in [6, 6.07) is 6.04. The molecule has 2 rings (SSSR count). The van der Waals surface area contributed by atoms with Crippen LogP contribution in [0.15, 0.2) is 34.6 Å². The van der Waals surface area contributed by atoms with Gasteiger partial charge in [0.2, 0.25) is 0 Å². The van der Waals surface area contributed by atoms with Crippen molar-refractivity contribution < 1.29 is 20.6 Å². The number of phenolic OH excluding ortho intramolecular Hbond substituents is 2. The van der Waals surface area contributed by atoms with E-state index in [1.165, 1.54) is 12.1 Å². The van der Waals surface area contributed by atoms with Gasteiger partial charge in [-0.15, -0.1) is 0 Å². The molecule has 2 aromatic rings. The predicted molar refractivity (Wildman–Crippen MR) is 66.0 cm³/mol. The third-order valence-corrected chi connectivity index (χ3v) is 2.52. The molecule has 0 aliphatic rings. The minimum Gasteiger partial charge on any atom is -0.507 e. The molecule has 0 aliphatic carbocycles. The standard InChI is InChI=1S/C12H10N2O4/c15-11-3-8-4-12(16)10(6-14-18)2-7(8)1-9(11)5-13-17/h1-6,15-18H/b13-5+,14-6+. The molecule has 6 nitrogen and oxygen atoms in total. The molecule has 0 amide bonds. The van der Waals surface area contributed by atoms with Crippen LogP contribution in [0.2, 0.25) is 0 Å². The maximum Gasteiger partial charge on any atom is 0.125 e. The van der Waals surface area contributed by atoms with Gasteiger partial charge in [-0.25, -0.2) is 0 Å². The van der Waals surface area contributed by atoms with Crippen LogP contribution in [-0.4, -0.2) is 33.1 Å². The first-order valence-electron chi connectivity index (χ1n) is 5.00. The van der Waals surface area contributed by atoms with Crippen LogP contribution >= 0.6 is 0 Å². The van der Waals surface area contributed by atoms with E-state index in [1.807, 2.05) is 0 Å². The minimum atomic E-state index is -0.0664. The topological polar surface area (TPSA) is 106 Å². The Labute approximate surface area is 102 Å². The Morgan fingerprint density at radius 1 is 0.722 bits per heavy atom. The van der Waals surface area contributed by atoms with Crippen molar-refractivity contribution in [2.24, 2.45) is 10.3 Å². The summed E-state index contributed by atoms with van der Waals surface area (Å²) < 4.78 is 0. The number of oxime groups is 2. The number of aromatic hydroxyl groups is 2. The molecule has 0 heterocycles. The average molecular weight is 246 g/mol. The van der Waals surface area contributed by atoms with Gasteiger partial charge in [-0.3, -0.25) is 0 Å². The summed E-state index contributed by atoms with van der Waals surface area (Å²) in [6.07, 6.45) is 2.20. The van der Waals surface area contributed by atoms with Gasteiger partial charge in [0.1, 0.15) is 11.5 Å². The van der Waals surface area contributed by atoms with Gasteiger partial charge in [-0.1, -0.05) is 10.3 Å². The van der Waals surface area contributed by atoms with E-state index in [0.29, 0.717) is 21.9 Å². The Morgan fingerprint density at radius 3 is 1.50 bits per heavy atom. The van der Waals surface area contributed by atoms with E-state index < -0.39 is 0 Å². The van der Waals surface area contributed by atoms with Gasteiger partial charge in [0.25, 0.3) is 0 Å². The summed E-state index contributed by atoms with van der Waals surface area (Å²) in [5.74, 6) is -0.133. The highest BCUT2D eigenvalue weighted by Crippen LogP contribution is 2.29. The van der Waals surface area contributed by atoms with Crippen LogP contribution in [0.1, 0.15) is 11.1 Å². The van der Waals surface area contributed by atoms with E-state index in [4.69, 9.17) is 10.4 Å². The molecular weight excluding hydrogens is 236 g/mol. The number of phenols is 2. The first-order valence-corrected chi connectivity index (χ1v) is 5.00. The second kappa shape index (κ2) is 4.62. The van der Waals surface area contributed by atoms with Gasteiger partial charge in [0, 0.05) is 11.1 Å². The quantitative estimate of drug-likeness (QED) is 0.368. The molecule has 0 unspecified atom stereocenters. The fourth-order valence-corrected chi connectivity index (χ4v) is 1.69. The maximum atomic E-state index is 9.65. The summed E-state index contributed by atoms with van der Waals surface area (Å²) in [6.45, 7) is 0. The smallest absolute Gasteiger partial charge is 0.125 e. The van der Waals surface area contributed by atoms with E-state index in [9.17, 15) is 10.2 Å². The van der Waals surface area contributed by atoms with Crippen LogP contribution in [0.25, 0.3) is 10.8 Å². The average Bonchev–Trinajstić information content (AvgIpc) is 2.33. The van der Waals surface area contributed by atoms with Gasteiger partial charge in [-0.2, -0.15) is 0 Å². The number of nitrogens with zero attached hydrogens (tertiary/aromatic N) is 2. The maximum absolute atomic E-state index is 9.65. The monoisotopic (exact) mass is 246 g/mol. The van der Waals surface area contributed by atoms with Crippen LogP contribution in [0.5, 0.6) is 11.5 Å². The van der Waals surface area contributed by atoms with E-state index in [1.54, 1.807) is 12.1 Å².